The van der Waals surface area contributed by atoms with E-state index in [-0.39, 0.29) is 12.3 Å². The van der Waals surface area contributed by atoms with Crippen LogP contribution in [-0.2, 0) is 66.2 Å². The van der Waals surface area contributed by atoms with Gasteiger partial charge in [-0.3, -0.25) is 13.5 Å². The summed E-state index contributed by atoms with van der Waals surface area (Å²) in [5, 5.41) is 33.3. The summed E-state index contributed by atoms with van der Waals surface area (Å²) in [5.74, 6) is 0.477. The number of fused-ring (bicyclic) bond motifs is 2. The van der Waals surface area contributed by atoms with Crippen molar-refractivity contribution in [3.63, 3.8) is 0 Å². The van der Waals surface area contributed by atoms with Gasteiger partial charge in [0.15, 0.2) is 0 Å². The van der Waals surface area contributed by atoms with Crippen LogP contribution in [0.4, 0.5) is 0 Å². The van der Waals surface area contributed by atoms with Crippen molar-refractivity contribution >= 4 is 61.1 Å². The molecule has 0 spiro atoms. The summed E-state index contributed by atoms with van der Waals surface area (Å²) < 4.78 is 33.3. The lowest BCUT2D eigenvalue weighted by Crippen LogP contribution is -2.09. The van der Waals surface area contributed by atoms with E-state index in [9.17, 15) is 23.4 Å². The summed E-state index contributed by atoms with van der Waals surface area (Å²) in [7, 11) is 1.95. The zero-order chi connectivity index (χ0) is 36.6. The van der Waals surface area contributed by atoms with Gasteiger partial charge in [-0.25, -0.2) is 4.79 Å². The highest BCUT2D eigenvalue weighted by Crippen LogP contribution is 2.42. The van der Waals surface area contributed by atoms with Crippen LogP contribution in [0.5, 0.6) is 5.75 Å². The van der Waals surface area contributed by atoms with E-state index < -0.39 is 16.1 Å². The maximum Gasteiger partial charge on any atom is 0.352 e. The molecule has 3 heterocycles. The van der Waals surface area contributed by atoms with E-state index in [0.717, 1.165) is 69.2 Å². The molecule has 0 bridgehead atoms. The van der Waals surface area contributed by atoms with Crippen LogP contribution in [0.3, 0.4) is 0 Å². The van der Waals surface area contributed by atoms with Crippen LogP contribution in [0, 0.1) is 6.92 Å². The molecule has 14 heteroatoms. The number of benzene rings is 3. The Labute approximate surface area is 305 Å². The van der Waals surface area contributed by atoms with Crippen molar-refractivity contribution in [1.82, 2.24) is 24.1 Å². The summed E-state index contributed by atoms with van der Waals surface area (Å²) in [6.45, 7) is 1.87. The van der Waals surface area contributed by atoms with E-state index in [1.54, 1.807) is 29.4 Å². The second kappa shape index (κ2) is 14.7. The minimum atomic E-state index is -3.61. The van der Waals surface area contributed by atoms with Crippen molar-refractivity contribution in [2.75, 3.05) is 12.9 Å². The minimum absolute atomic E-state index is 0.0510. The van der Waals surface area contributed by atoms with Crippen molar-refractivity contribution in [2.24, 2.45) is 21.1 Å². The third-order valence-corrected chi connectivity index (χ3v) is 11.0. The number of thioether (sulfide) groups is 1. The standard InChI is InChI=1S/C37H40ClN5O6S2/c1-22-33(34-30(38)15-14-29-28(11-8-16-49-51(5,47)48)36(37(45)46)41(2)35(29)34)31(43(4)39-22)21-50-20-25-19-26(42(3)40-25)13-12-23-17-24-9-6-7-10-27(24)32(44)18-23/h6-7,9-10,14-15,17-19,44H,8,11-13,16,20-21H2,1-5H3,(H,45,46). The summed E-state index contributed by atoms with van der Waals surface area (Å²) in [6, 6.07) is 17.5. The van der Waals surface area contributed by atoms with Crippen LogP contribution in [0.25, 0.3) is 32.8 Å². The summed E-state index contributed by atoms with van der Waals surface area (Å²) in [5.41, 5.74) is 7.79. The minimum Gasteiger partial charge on any atom is -0.507 e. The van der Waals surface area contributed by atoms with Gasteiger partial charge in [-0.05, 0) is 67.3 Å². The third-order valence-electron chi connectivity index (χ3n) is 9.16. The topological polar surface area (TPSA) is 141 Å². The Kier molecular flexibility index (Phi) is 10.5. The molecule has 0 atom stereocenters. The van der Waals surface area contributed by atoms with Gasteiger partial charge in [0.05, 0.1) is 40.5 Å². The first-order chi connectivity index (χ1) is 24.2. The van der Waals surface area contributed by atoms with E-state index in [0.29, 0.717) is 51.8 Å². The molecule has 3 aromatic carbocycles. The molecule has 51 heavy (non-hydrogen) atoms. The Balaban J connectivity index is 1.22. The monoisotopic (exact) mass is 749 g/mol. The predicted octanol–water partition coefficient (Wildman–Crippen LogP) is 6.96. The number of rotatable bonds is 14. The molecule has 0 aliphatic carbocycles. The van der Waals surface area contributed by atoms with E-state index >= 15 is 0 Å². The molecule has 3 aromatic heterocycles. The normalized spacial score (nSPS) is 12.0. The number of hydrogen-bond donors (Lipinski definition) is 2. The maximum absolute atomic E-state index is 12.5. The average Bonchev–Trinajstić information content (AvgIpc) is 3.66. The second-order valence-corrected chi connectivity index (χ2v) is 15.8. The summed E-state index contributed by atoms with van der Waals surface area (Å²) in [4.78, 5) is 12.5. The number of carboxylic acids is 1. The molecule has 0 saturated heterocycles. The molecular formula is C37H40ClN5O6S2. The summed E-state index contributed by atoms with van der Waals surface area (Å²) >= 11 is 8.63. The first-order valence-electron chi connectivity index (χ1n) is 16.4. The number of carbonyl (C=O) groups is 1. The van der Waals surface area contributed by atoms with Gasteiger partial charge in [0, 0.05) is 60.2 Å². The van der Waals surface area contributed by atoms with Crippen molar-refractivity contribution in [2.45, 2.75) is 44.1 Å². The molecule has 0 radical (unpaired) electrons. The van der Waals surface area contributed by atoms with Gasteiger partial charge in [-0.15, -0.1) is 11.8 Å². The van der Waals surface area contributed by atoms with Gasteiger partial charge in [-0.2, -0.15) is 18.6 Å². The number of halogens is 1. The quantitative estimate of drug-likeness (QED) is 0.0893. The van der Waals surface area contributed by atoms with Gasteiger partial charge >= 0.3 is 5.97 Å². The molecule has 2 N–H and O–H groups in total. The lowest BCUT2D eigenvalue weighted by atomic mass is 9.98. The van der Waals surface area contributed by atoms with E-state index in [2.05, 4.69) is 12.1 Å². The van der Waals surface area contributed by atoms with Gasteiger partial charge < -0.3 is 14.8 Å². The third kappa shape index (κ3) is 7.67. The highest BCUT2D eigenvalue weighted by atomic mass is 35.5. The molecule has 0 aliphatic heterocycles. The molecule has 268 valence electrons. The first-order valence-corrected chi connectivity index (χ1v) is 19.8. The Morgan fingerprint density at radius 3 is 2.45 bits per heavy atom. The first kappa shape index (κ1) is 36.5. The maximum atomic E-state index is 12.5. The van der Waals surface area contributed by atoms with E-state index in [1.807, 2.05) is 66.8 Å². The zero-order valence-electron chi connectivity index (χ0n) is 29.1. The fourth-order valence-corrected chi connectivity index (χ4v) is 8.56. The number of aromatic nitrogens is 5. The van der Waals surface area contributed by atoms with Gasteiger partial charge in [0.25, 0.3) is 10.1 Å². The highest BCUT2D eigenvalue weighted by Gasteiger charge is 2.27. The van der Waals surface area contributed by atoms with E-state index in [1.165, 1.54) is 0 Å². The number of nitrogens with zero attached hydrogens (tertiary/aromatic N) is 5. The van der Waals surface area contributed by atoms with Crippen LogP contribution in [0.1, 0.15) is 50.8 Å². The van der Waals surface area contributed by atoms with Crippen LogP contribution in [-0.4, -0.2) is 61.6 Å². The molecule has 0 saturated carbocycles. The lowest BCUT2D eigenvalue weighted by molar-refractivity contribution is 0.0685. The highest BCUT2D eigenvalue weighted by molar-refractivity contribution is 7.97. The van der Waals surface area contributed by atoms with Crippen LogP contribution >= 0.6 is 23.4 Å². The molecule has 0 unspecified atom stereocenters. The number of hydrogen-bond acceptors (Lipinski definition) is 8. The number of aromatic hydroxyl groups is 1. The Bertz CT molecular complexity index is 2400. The molecule has 0 fully saturated rings. The Morgan fingerprint density at radius 1 is 0.941 bits per heavy atom. The van der Waals surface area contributed by atoms with Gasteiger partial charge in [0.1, 0.15) is 11.4 Å². The number of aromatic carboxylic acids is 1. The summed E-state index contributed by atoms with van der Waals surface area (Å²) in [6.07, 6.45) is 3.17. The number of phenolic OH excluding ortho intramolecular Hbond substituents is 1. The molecule has 0 aliphatic rings. The smallest absolute Gasteiger partial charge is 0.352 e. The molecule has 11 nitrogen and oxygen atoms in total. The predicted molar refractivity (Wildman–Crippen MR) is 202 cm³/mol. The van der Waals surface area contributed by atoms with Crippen molar-refractivity contribution < 1.29 is 27.6 Å². The van der Waals surface area contributed by atoms with Crippen molar-refractivity contribution in [3.05, 3.63) is 99.2 Å². The number of aryl methyl sites for hydroxylation is 7. The van der Waals surface area contributed by atoms with Crippen LogP contribution in [0.2, 0.25) is 5.02 Å². The SMILES string of the molecule is Cc1nn(C)c(CSCc2cc(CCc3cc(O)c4ccccc4c3)n(C)n2)c1-c1c(Cl)ccc2c(CCCOS(C)(=O)=O)c(C(=O)O)n(C)c12. The molecule has 0 amide bonds. The Morgan fingerprint density at radius 2 is 1.71 bits per heavy atom. The van der Waals surface area contributed by atoms with E-state index in [4.69, 9.17) is 26.0 Å². The number of phenols is 1. The fraction of sp³-hybridized carbons (Fsp3) is 0.324. The fourth-order valence-electron chi connectivity index (χ4n) is 6.92. The largest absolute Gasteiger partial charge is 0.507 e. The van der Waals surface area contributed by atoms with Gasteiger partial charge in [0.2, 0.25) is 0 Å². The van der Waals surface area contributed by atoms with Crippen LogP contribution < -0.4 is 0 Å². The van der Waals surface area contributed by atoms with Gasteiger partial charge in [-0.1, -0.05) is 48.0 Å². The average molecular weight is 750 g/mol. The second-order valence-electron chi connectivity index (χ2n) is 12.7. The molecular weight excluding hydrogens is 710 g/mol. The molecule has 6 rings (SSSR count). The zero-order valence-corrected chi connectivity index (χ0v) is 31.5. The van der Waals surface area contributed by atoms with Crippen molar-refractivity contribution in [1.29, 1.82) is 0 Å². The lowest BCUT2D eigenvalue weighted by Gasteiger charge is -2.12. The Hall–Kier alpha value is -4.30. The van der Waals surface area contributed by atoms with Crippen molar-refractivity contribution in [3.8, 4) is 16.9 Å². The van der Waals surface area contributed by atoms with Crippen LogP contribution in [0.15, 0.2) is 54.6 Å². The molecule has 6 aromatic rings. The number of carboxylic acid groups (broad SMARTS) is 1.